The van der Waals surface area contributed by atoms with Crippen LogP contribution in [0.1, 0.15) is 11.3 Å². The monoisotopic (exact) mass is 405 g/mol. The van der Waals surface area contributed by atoms with Gasteiger partial charge in [0, 0.05) is 37.2 Å². The van der Waals surface area contributed by atoms with E-state index in [2.05, 4.69) is 9.97 Å². The van der Waals surface area contributed by atoms with E-state index in [1.54, 1.807) is 20.3 Å². The second-order valence-corrected chi connectivity index (χ2v) is 8.15. The predicted octanol–water partition coefficient (Wildman–Crippen LogP) is 2.45. The molecule has 2 aromatic rings. The summed E-state index contributed by atoms with van der Waals surface area (Å²) in [5.74, 6) is 0.384. The second-order valence-electron chi connectivity index (χ2n) is 6.24. The van der Waals surface area contributed by atoms with Gasteiger partial charge in [-0.05, 0) is 17.7 Å². The number of benzene rings is 1. The Balaban J connectivity index is 1.88. The number of rotatable bonds is 6. The molecule has 2 heterocycles. The van der Waals surface area contributed by atoms with Crippen LogP contribution in [-0.2, 0) is 16.4 Å². The molecule has 0 spiro atoms. The first-order valence-electron chi connectivity index (χ1n) is 8.38. The Bertz CT molecular complexity index is 1050. The molecule has 0 unspecified atom stereocenters. The van der Waals surface area contributed by atoms with Gasteiger partial charge in [0.05, 0.1) is 19.9 Å². The normalized spacial score (nSPS) is 14.0. The van der Waals surface area contributed by atoms with Gasteiger partial charge in [0.15, 0.2) is 11.5 Å². The van der Waals surface area contributed by atoms with Crippen molar-refractivity contribution in [2.45, 2.75) is 11.7 Å². The number of ether oxygens (including phenoxy) is 2. The highest BCUT2D eigenvalue weighted by Gasteiger charge is 2.17. The summed E-state index contributed by atoms with van der Waals surface area (Å²) >= 11 is 0. The highest BCUT2D eigenvalue weighted by Crippen LogP contribution is 2.29. The van der Waals surface area contributed by atoms with Crippen LogP contribution in [0.5, 0.6) is 11.5 Å². The number of hydrogen-bond donors (Lipinski definition) is 0. The SMILES string of the molecule is COc1ccc(CN2C=C(c3cc(F)nc(S(C)(=O)=O)n3)C=CC2)cc1OC. The number of aromatic nitrogens is 2. The van der Waals surface area contributed by atoms with Gasteiger partial charge in [-0.2, -0.15) is 9.37 Å². The number of nitrogens with zero attached hydrogens (tertiary/aromatic N) is 3. The Kier molecular flexibility index (Phi) is 5.64. The third-order valence-corrected chi connectivity index (χ3v) is 4.94. The van der Waals surface area contributed by atoms with Crippen LogP contribution in [0.15, 0.2) is 47.8 Å². The predicted molar refractivity (Wildman–Crippen MR) is 102 cm³/mol. The van der Waals surface area contributed by atoms with Gasteiger partial charge >= 0.3 is 0 Å². The molecule has 0 saturated heterocycles. The first-order chi connectivity index (χ1) is 13.3. The van der Waals surface area contributed by atoms with Gasteiger partial charge in [-0.25, -0.2) is 13.4 Å². The van der Waals surface area contributed by atoms with Crippen LogP contribution in [0.25, 0.3) is 5.57 Å². The van der Waals surface area contributed by atoms with Gasteiger partial charge in [0.2, 0.25) is 20.9 Å². The van der Waals surface area contributed by atoms with Gasteiger partial charge in [0.1, 0.15) is 0 Å². The van der Waals surface area contributed by atoms with Crippen LogP contribution >= 0.6 is 0 Å². The maximum Gasteiger partial charge on any atom is 0.250 e. The highest BCUT2D eigenvalue weighted by molar-refractivity contribution is 7.90. The van der Waals surface area contributed by atoms with E-state index in [0.29, 0.717) is 30.2 Å². The lowest BCUT2D eigenvalue weighted by Crippen LogP contribution is -2.20. The highest BCUT2D eigenvalue weighted by atomic mass is 32.2. The number of methoxy groups -OCH3 is 2. The lowest BCUT2D eigenvalue weighted by atomic mass is 10.1. The minimum atomic E-state index is -3.72. The molecule has 1 aliphatic heterocycles. The summed E-state index contributed by atoms with van der Waals surface area (Å²) in [6.45, 7) is 1.21. The fraction of sp³-hybridized carbons (Fsp3) is 0.263. The van der Waals surface area contributed by atoms with Gasteiger partial charge in [-0.1, -0.05) is 18.2 Å². The zero-order valence-corrected chi connectivity index (χ0v) is 16.5. The van der Waals surface area contributed by atoms with Crippen LogP contribution < -0.4 is 9.47 Å². The molecule has 9 heteroatoms. The Hall–Kier alpha value is -2.94. The summed E-state index contributed by atoms with van der Waals surface area (Å²) in [7, 11) is -0.563. The summed E-state index contributed by atoms with van der Waals surface area (Å²) in [5.41, 5.74) is 1.80. The first-order valence-corrected chi connectivity index (χ1v) is 10.3. The molecule has 0 N–H and O–H groups in total. The Labute approximate surface area is 163 Å². The molecule has 0 radical (unpaired) electrons. The molecule has 0 atom stereocenters. The maximum absolute atomic E-state index is 13.8. The summed E-state index contributed by atoms with van der Waals surface area (Å²) < 4.78 is 47.7. The molecule has 0 saturated carbocycles. The van der Waals surface area contributed by atoms with Crippen molar-refractivity contribution < 1.29 is 22.3 Å². The third-order valence-electron chi connectivity index (χ3n) is 4.09. The van der Waals surface area contributed by atoms with Crippen molar-refractivity contribution in [2.24, 2.45) is 0 Å². The molecule has 0 fully saturated rings. The smallest absolute Gasteiger partial charge is 0.250 e. The van der Waals surface area contributed by atoms with E-state index in [-0.39, 0.29) is 5.69 Å². The average Bonchev–Trinajstić information content (AvgIpc) is 2.67. The van der Waals surface area contributed by atoms with Gasteiger partial charge in [-0.15, -0.1) is 0 Å². The van der Waals surface area contributed by atoms with E-state index < -0.39 is 20.9 Å². The number of allylic oxidation sites excluding steroid dienone is 2. The molecule has 3 rings (SSSR count). The van der Waals surface area contributed by atoms with E-state index in [4.69, 9.17) is 9.47 Å². The van der Waals surface area contributed by atoms with Crippen LogP contribution in [-0.4, -0.2) is 50.3 Å². The topological polar surface area (TPSA) is 81.6 Å². The summed E-state index contributed by atoms with van der Waals surface area (Å²) in [4.78, 5) is 9.36. The van der Waals surface area contributed by atoms with Gasteiger partial charge in [-0.3, -0.25) is 0 Å². The fourth-order valence-corrected chi connectivity index (χ4v) is 3.31. The van der Waals surface area contributed by atoms with Crippen molar-refractivity contribution in [3.8, 4) is 11.5 Å². The molecule has 28 heavy (non-hydrogen) atoms. The van der Waals surface area contributed by atoms with Crippen LogP contribution in [0, 0.1) is 5.95 Å². The van der Waals surface area contributed by atoms with Crippen molar-refractivity contribution in [3.05, 3.63) is 59.8 Å². The van der Waals surface area contributed by atoms with Crippen molar-refractivity contribution in [2.75, 3.05) is 27.0 Å². The molecule has 148 valence electrons. The number of halogens is 1. The maximum atomic E-state index is 13.8. The average molecular weight is 405 g/mol. The Morgan fingerprint density at radius 1 is 1.14 bits per heavy atom. The zero-order chi connectivity index (χ0) is 20.3. The first kappa shape index (κ1) is 19.8. The quantitative estimate of drug-likeness (QED) is 0.539. The third kappa shape index (κ3) is 4.48. The largest absolute Gasteiger partial charge is 0.493 e. The van der Waals surface area contributed by atoms with Crippen LogP contribution in [0.4, 0.5) is 4.39 Å². The summed E-state index contributed by atoms with van der Waals surface area (Å²) in [5, 5.41) is -0.534. The molecule has 1 aromatic heterocycles. The summed E-state index contributed by atoms with van der Waals surface area (Å²) in [6.07, 6.45) is 6.43. The van der Waals surface area contributed by atoms with Crippen molar-refractivity contribution in [1.29, 1.82) is 0 Å². The van der Waals surface area contributed by atoms with Crippen molar-refractivity contribution in [1.82, 2.24) is 14.9 Å². The van der Waals surface area contributed by atoms with Gasteiger partial charge in [0.25, 0.3) is 0 Å². The fourth-order valence-electron chi connectivity index (χ4n) is 2.79. The number of sulfone groups is 1. The Morgan fingerprint density at radius 3 is 2.57 bits per heavy atom. The molecule has 0 aliphatic carbocycles. The van der Waals surface area contributed by atoms with Crippen LogP contribution in [0.2, 0.25) is 0 Å². The Morgan fingerprint density at radius 2 is 1.89 bits per heavy atom. The lowest BCUT2D eigenvalue weighted by molar-refractivity contribution is 0.352. The van der Waals surface area contributed by atoms with E-state index in [0.717, 1.165) is 17.9 Å². The van der Waals surface area contributed by atoms with Crippen molar-refractivity contribution >= 4 is 15.4 Å². The van der Waals surface area contributed by atoms with E-state index in [1.807, 2.05) is 35.4 Å². The molecule has 0 bridgehead atoms. The molecular weight excluding hydrogens is 385 g/mol. The standard InChI is InChI=1S/C19H20FN3O4S/c1-26-16-7-6-13(9-17(16)27-2)11-23-8-4-5-14(12-23)15-10-18(20)22-19(21-15)28(3,24)25/h4-7,9-10,12H,8,11H2,1-3H3. The molecule has 0 amide bonds. The van der Waals surface area contributed by atoms with E-state index in [9.17, 15) is 12.8 Å². The van der Waals surface area contributed by atoms with E-state index >= 15 is 0 Å². The molecule has 7 nitrogen and oxygen atoms in total. The number of hydrogen-bond acceptors (Lipinski definition) is 7. The minimum absolute atomic E-state index is 0.209. The zero-order valence-electron chi connectivity index (χ0n) is 15.7. The molecular formula is C19H20FN3O4S. The van der Waals surface area contributed by atoms with E-state index in [1.165, 1.54) is 0 Å². The van der Waals surface area contributed by atoms with Crippen LogP contribution in [0.3, 0.4) is 0 Å². The molecule has 1 aliphatic rings. The summed E-state index contributed by atoms with van der Waals surface area (Å²) in [6, 6.07) is 6.76. The minimum Gasteiger partial charge on any atom is -0.493 e. The van der Waals surface area contributed by atoms with Gasteiger partial charge < -0.3 is 14.4 Å². The van der Waals surface area contributed by atoms with Crippen molar-refractivity contribution in [3.63, 3.8) is 0 Å². The second kappa shape index (κ2) is 7.97. The molecule has 1 aromatic carbocycles. The lowest BCUT2D eigenvalue weighted by Gasteiger charge is -2.23.